The number of hydrogen-bond donors (Lipinski definition) is 1. The van der Waals surface area contributed by atoms with Crippen LogP contribution in [0.5, 0.6) is 0 Å². The lowest BCUT2D eigenvalue weighted by atomic mass is 9.78. The summed E-state index contributed by atoms with van der Waals surface area (Å²) < 4.78 is 10.4. The molecule has 0 aliphatic carbocycles. The third kappa shape index (κ3) is 2.80. The summed E-state index contributed by atoms with van der Waals surface area (Å²) in [5, 5.41) is 23.5. The Morgan fingerprint density at radius 3 is 2.76 bits per heavy atom. The summed E-state index contributed by atoms with van der Waals surface area (Å²) in [7, 11) is 0. The summed E-state index contributed by atoms with van der Waals surface area (Å²) in [6.45, 7) is 9.11. The first kappa shape index (κ1) is 18.1. The fourth-order valence-electron chi connectivity index (χ4n) is 4.02. The highest BCUT2D eigenvalue weighted by Crippen LogP contribution is 2.39. The number of ether oxygens (including phenoxy) is 2. The maximum absolute atomic E-state index is 12.9. The minimum atomic E-state index is -1.78. The molecule has 138 valence electrons. The van der Waals surface area contributed by atoms with Gasteiger partial charge in [-0.3, -0.25) is 0 Å². The van der Waals surface area contributed by atoms with Crippen LogP contribution in [0.3, 0.4) is 0 Å². The third-order valence-corrected chi connectivity index (χ3v) is 6.18. The number of rotatable bonds is 0. The lowest BCUT2D eigenvalue weighted by Crippen LogP contribution is -2.50. The quantitative estimate of drug-likeness (QED) is 0.230. The minimum Gasteiger partial charge on any atom is -0.632 e. The SMILES string of the molecule is C=C1C(=O)O[C@@H]2CC[N+]3([O-])CC=C(COC(=O)[C@](C)(O)[C@H](C)C1C)[C@H]23. The summed E-state index contributed by atoms with van der Waals surface area (Å²) in [5.74, 6) is -2.42. The Hall–Kier alpha value is -1.70. The van der Waals surface area contributed by atoms with Crippen LogP contribution < -0.4 is 0 Å². The molecule has 2 fully saturated rings. The fourth-order valence-corrected chi connectivity index (χ4v) is 4.02. The van der Waals surface area contributed by atoms with E-state index < -0.39 is 46.2 Å². The fraction of sp³-hybridized carbons (Fsp3) is 0.667. The van der Waals surface area contributed by atoms with Gasteiger partial charge in [0.1, 0.15) is 6.61 Å². The van der Waals surface area contributed by atoms with E-state index in [9.17, 15) is 19.9 Å². The summed E-state index contributed by atoms with van der Waals surface area (Å²) >= 11 is 0. The minimum absolute atomic E-state index is 0.0714. The molecule has 0 spiro atoms. The van der Waals surface area contributed by atoms with Crippen LogP contribution in [0.1, 0.15) is 27.2 Å². The summed E-state index contributed by atoms with van der Waals surface area (Å²) in [6.07, 6.45) is 1.68. The number of nitrogens with zero attached hydrogens (tertiary/aromatic N) is 1. The second kappa shape index (κ2) is 5.93. The molecule has 0 radical (unpaired) electrons. The van der Waals surface area contributed by atoms with Crippen LogP contribution in [-0.2, 0) is 19.1 Å². The molecule has 0 aromatic carbocycles. The molecule has 0 bridgehead atoms. The zero-order valence-corrected chi connectivity index (χ0v) is 14.9. The van der Waals surface area contributed by atoms with E-state index in [1.54, 1.807) is 19.9 Å². The largest absolute Gasteiger partial charge is 0.632 e. The van der Waals surface area contributed by atoms with Crippen molar-refractivity contribution < 1.29 is 28.8 Å². The predicted octanol–water partition coefficient (Wildman–Crippen LogP) is 1.06. The number of quaternary nitrogens is 1. The summed E-state index contributed by atoms with van der Waals surface area (Å²) in [6, 6.07) is -0.554. The van der Waals surface area contributed by atoms with E-state index in [-0.39, 0.29) is 18.7 Å². The average molecular weight is 351 g/mol. The molecular weight excluding hydrogens is 326 g/mol. The van der Waals surface area contributed by atoms with Crippen molar-refractivity contribution in [3.8, 4) is 0 Å². The molecule has 0 aromatic rings. The van der Waals surface area contributed by atoms with Crippen LogP contribution >= 0.6 is 0 Å². The number of hydrogen-bond acceptors (Lipinski definition) is 6. The Bertz CT molecular complexity index is 654. The first-order chi connectivity index (χ1) is 11.6. The molecule has 6 atom stereocenters. The van der Waals surface area contributed by atoms with Crippen LogP contribution in [-0.4, -0.2) is 59.1 Å². The van der Waals surface area contributed by atoms with Crippen LogP contribution in [0.2, 0.25) is 0 Å². The van der Waals surface area contributed by atoms with Gasteiger partial charge in [-0.05, 0) is 18.9 Å². The normalized spacial score (nSPS) is 45.0. The van der Waals surface area contributed by atoms with E-state index >= 15 is 0 Å². The molecule has 3 aliphatic rings. The number of esters is 2. The average Bonchev–Trinajstić information content (AvgIpc) is 3.05. The molecule has 3 heterocycles. The topological polar surface area (TPSA) is 95.9 Å². The summed E-state index contributed by atoms with van der Waals surface area (Å²) in [5.41, 5.74) is -0.943. The van der Waals surface area contributed by atoms with E-state index in [0.29, 0.717) is 18.5 Å². The van der Waals surface area contributed by atoms with Crippen LogP contribution in [0.15, 0.2) is 23.8 Å². The molecule has 7 nitrogen and oxygen atoms in total. The Labute approximate surface area is 147 Å². The van der Waals surface area contributed by atoms with Crippen molar-refractivity contribution in [3.05, 3.63) is 29.0 Å². The van der Waals surface area contributed by atoms with Crippen LogP contribution in [0.4, 0.5) is 0 Å². The summed E-state index contributed by atoms with van der Waals surface area (Å²) in [4.78, 5) is 24.9. The zero-order valence-electron chi connectivity index (χ0n) is 14.9. The Morgan fingerprint density at radius 2 is 2.08 bits per heavy atom. The van der Waals surface area contributed by atoms with Gasteiger partial charge in [0, 0.05) is 23.5 Å². The van der Waals surface area contributed by atoms with Gasteiger partial charge in [0.05, 0.1) is 13.1 Å². The van der Waals surface area contributed by atoms with Gasteiger partial charge in [0.25, 0.3) is 0 Å². The van der Waals surface area contributed by atoms with Crippen molar-refractivity contribution in [1.82, 2.24) is 0 Å². The van der Waals surface area contributed by atoms with Gasteiger partial charge in [-0.1, -0.05) is 20.4 Å². The van der Waals surface area contributed by atoms with Crippen molar-refractivity contribution in [3.63, 3.8) is 0 Å². The van der Waals surface area contributed by atoms with Crippen molar-refractivity contribution in [2.24, 2.45) is 11.8 Å². The maximum atomic E-state index is 12.9. The Kier molecular flexibility index (Phi) is 4.29. The Balaban J connectivity index is 1.95. The molecule has 1 N–H and O–H groups in total. The highest BCUT2D eigenvalue weighted by molar-refractivity contribution is 5.89. The molecule has 3 aliphatic heterocycles. The van der Waals surface area contributed by atoms with Crippen molar-refractivity contribution >= 4 is 11.9 Å². The molecule has 3 rings (SSSR count). The smallest absolute Gasteiger partial charge is 0.338 e. The van der Waals surface area contributed by atoms with Gasteiger partial charge in [0.2, 0.25) is 0 Å². The maximum Gasteiger partial charge on any atom is 0.338 e. The number of carbonyl (C=O) groups is 2. The molecule has 25 heavy (non-hydrogen) atoms. The van der Waals surface area contributed by atoms with Gasteiger partial charge < -0.3 is 24.4 Å². The van der Waals surface area contributed by atoms with Crippen LogP contribution in [0.25, 0.3) is 0 Å². The molecule has 0 saturated carbocycles. The monoisotopic (exact) mass is 351 g/mol. The number of aliphatic hydroxyl groups is 1. The van der Waals surface area contributed by atoms with Crippen molar-refractivity contribution in [2.45, 2.75) is 44.9 Å². The van der Waals surface area contributed by atoms with Crippen molar-refractivity contribution in [2.75, 3.05) is 19.7 Å². The standard InChI is InChI=1S/C18H25NO6/c1-10-11(2)16(20)25-14-6-8-19(23)7-5-13(15(14)19)9-24-17(21)18(4,22)12(10)3/h5,10,12,14-15,22H,2,6-9H2,1,3-4H3/t10?,12-,14-,15-,18-,19?/m1/s1. The van der Waals surface area contributed by atoms with Gasteiger partial charge >= 0.3 is 11.9 Å². The molecule has 2 saturated heterocycles. The van der Waals surface area contributed by atoms with E-state index in [2.05, 4.69) is 6.58 Å². The number of cyclic esters (lactones) is 1. The van der Waals surface area contributed by atoms with Gasteiger partial charge in [-0.25, -0.2) is 9.59 Å². The van der Waals surface area contributed by atoms with E-state index in [1.165, 1.54) is 6.92 Å². The Morgan fingerprint density at radius 1 is 1.40 bits per heavy atom. The van der Waals surface area contributed by atoms with E-state index in [4.69, 9.17) is 9.47 Å². The molecule has 0 aromatic heterocycles. The lowest BCUT2D eigenvalue weighted by molar-refractivity contribution is -0.877. The number of carbonyl (C=O) groups excluding carboxylic acids is 2. The lowest BCUT2D eigenvalue weighted by Gasteiger charge is -2.41. The second-order valence-corrected chi connectivity index (χ2v) is 7.64. The van der Waals surface area contributed by atoms with Gasteiger partial charge in [-0.15, -0.1) is 0 Å². The van der Waals surface area contributed by atoms with Gasteiger partial charge in [0.15, 0.2) is 17.7 Å². The first-order valence-electron chi connectivity index (χ1n) is 8.64. The van der Waals surface area contributed by atoms with Crippen molar-refractivity contribution in [1.29, 1.82) is 0 Å². The zero-order chi connectivity index (χ0) is 18.6. The van der Waals surface area contributed by atoms with Crippen LogP contribution in [0, 0.1) is 17.0 Å². The highest BCUT2D eigenvalue weighted by Gasteiger charge is 2.51. The highest BCUT2D eigenvalue weighted by atomic mass is 16.6. The number of hydroxylamine groups is 3. The molecular formula is C18H25NO6. The third-order valence-electron chi connectivity index (χ3n) is 6.18. The predicted molar refractivity (Wildman–Crippen MR) is 88.8 cm³/mol. The second-order valence-electron chi connectivity index (χ2n) is 7.64. The molecule has 2 unspecified atom stereocenters. The molecule has 0 amide bonds. The van der Waals surface area contributed by atoms with Gasteiger partial charge in [-0.2, -0.15) is 0 Å². The van der Waals surface area contributed by atoms with E-state index in [1.807, 2.05) is 0 Å². The first-order valence-corrected chi connectivity index (χ1v) is 8.64. The van der Waals surface area contributed by atoms with E-state index in [0.717, 1.165) is 0 Å². The molecule has 7 heteroatoms.